The number of hydrogen-bond donors (Lipinski definition) is 4. The van der Waals surface area contributed by atoms with Gasteiger partial charge in [-0.25, -0.2) is 0 Å². The molecule has 0 radical (unpaired) electrons. The molecule has 0 unspecified atom stereocenters. The molecule has 1 aromatic rings. The van der Waals surface area contributed by atoms with E-state index in [4.69, 9.17) is 20.4 Å². The van der Waals surface area contributed by atoms with Gasteiger partial charge >= 0.3 is 0 Å². The minimum Gasteiger partial charge on any atom is -0.508 e. The maximum Gasteiger partial charge on any atom is 0.182 e. The largest absolute Gasteiger partial charge is 0.508 e. The molecule has 60 valence electrons. The van der Waals surface area contributed by atoms with Crippen LogP contribution in [-0.4, -0.2) is 20.4 Å². The molecule has 1 rings (SSSR count). The lowest BCUT2D eigenvalue weighted by atomic mass is 10.2. The third-order valence-corrected chi connectivity index (χ3v) is 1.29. The molecule has 11 heavy (non-hydrogen) atoms. The highest BCUT2D eigenvalue weighted by Crippen LogP contribution is 2.26. The zero-order valence-electron chi connectivity index (χ0n) is 5.60. The van der Waals surface area contributed by atoms with Gasteiger partial charge in [-0.1, -0.05) is 0 Å². The third kappa shape index (κ3) is 1.60. The number of rotatable bonds is 1. The summed E-state index contributed by atoms with van der Waals surface area (Å²) in [6.45, 7) is 0. The number of hydrogen-bond acceptors (Lipinski definition) is 4. The van der Waals surface area contributed by atoms with E-state index in [2.05, 4.69) is 0 Å². The highest BCUT2D eigenvalue weighted by molar-refractivity contribution is 5.39. The monoisotopic (exact) mass is 156 g/mol. The normalized spacial score (nSPS) is 10.5. The molecule has 0 bridgehead atoms. The van der Waals surface area contributed by atoms with Gasteiger partial charge in [0.25, 0.3) is 0 Å². The Kier molecular flexibility index (Phi) is 1.98. The van der Waals surface area contributed by atoms with Crippen molar-refractivity contribution in [1.29, 1.82) is 0 Å². The van der Waals surface area contributed by atoms with E-state index in [1.54, 1.807) is 0 Å². The second kappa shape index (κ2) is 2.77. The van der Waals surface area contributed by atoms with Crippen molar-refractivity contribution in [3.05, 3.63) is 23.8 Å². The summed E-state index contributed by atoms with van der Waals surface area (Å²) >= 11 is 0. The zero-order chi connectivity index (χ0) is 8.43. The Bertz CT molecular complexity index is 257. The molecule has 0 aliphatic rings. The Morgan fingerprint density at radius 2 is 1.73 bits per heavy atom. The lowest BCUT2D eigenvalue weighted by Gasteiger charge is -2.05. The summed E-state index contributed by atoms with van der Waals surface area (Å²) in [6, 6.07) is 3.52. The van der Waals surface area contributed by atoms with Crippen molar-refractivity contribution in [2.75, 3.05) is 0 Å². The van der Waals surface area contributed by atoms with Crippen LogP contribution in [0.2, 0.25) is 0 Å². The van der Waals surface area contributed by atoms with E-state index in [0.717, 1.165) is 6.07 Å². The minimum absolute atomic E-state index is 0.106. The molecule has 0 amide bonds. The summed E-state index contributed by atoms with van der Waals surface area (Å²) in [7, 11) is 0. The van der Waals surface area contributed by atoms with Gasteiger partial charge in [0.2, 0.25) is 0 Å². The maximum absolute atomic E-state index is 8.97. The molecule has 0 aliphatic heterocycles. The maximum atomic E-state index is 8.97. The van der Waals surface area contributed by atoms with E-state index in [-0.39, 0.29) is 17.1 Å². The molecule has 1 aromatic carbocycles. The molecular weight excluding hydrogens is 148 g/mol. The van der Waals surface area contributed by atoms with Crippen LogP contribution in [0, 0.1) is 0 Å². The molecule has 4 heteroatoms. The van der Waals surface area contributed by atoms with E-state index < -0.39 is 6.29 Å². The van der Waals surface area contributed by atoms with E-state index in [9.17, 15) is 0 Å². The number of phenolic OH excluding ortho intramolecular Hbond substituents is 2. The second-order valence-corrected chi connectivity index (χ2v) is 2.12. The number of aliphatic hydroxyl groups is 2. The molecular formula is C7H8O4. The quantitative estimate of drug-likeness (QED) is 0.343. The van der Waals surface area contributed by atoms with Crippen molar-refractivity contribution < 1.29 is 20.4 Å². The zero-order valence-corrected chi connectivity index (χ0v) is 5.60. The number of phenols is 2. The second-order valence-electron chi connectivity index (χ2n) is 2.12. The summed E-state index contributed by atoms with van der Waals surface area (Å²) in [5.74, 6) is -0.372. The predicted molar refractivity (Wildman–Crippen MR) is 37.0 cm³/mol. The lowest BCUT2D eigenvalue weighted by molar-refractivity contribution is -0.0440. The molecule has 4 N–H and O–H groups in total. The van der Waals surface area contributed by atoms with Crippen LogP contribution >= 0.6 is 0 Å². The Labute approximate surface area is 63.0 Å². The third-order valence-electron chi connectivity index (χ3n) is 1.29. The van der Waals surface area contributed by atoms with Gasteiger partial charge in [0, 0.05) is 0 Å². The van der Waals surface area contributed by atoms with E-state index >= 15 is 0 Å². The molecule has 0 spiro atoms. The molecule has 0 aliphatic carbocycles. The molecule has 0 saturated heterocycles. The van der Waals surface area contributed by atoms with Crippen LogP contribution in [0.3, 0.4) is 0 Å². The van der Waals surface area contributed by atoms with Gasteiger partial charge in [0.15, 0.2) is 6.29 Å². The van der Waals surface area contributed by atoms with Gasteiger partial charge in [-0.3, -0.25) is 0 Å². The van der Waals surface area contributed by atoms with Gasteiger partial charge in [0.1, 0.15) is 11.5 Å². The van der Waals surface area contributed by atoms with Crippen molar-refractivity contribution in [1.82, 2.24) is 0 Å². The summed E-state index contributed by atoms with van der Waals surface area (Å²) in [5, 5.41) is 35.1. The smallest absolute Gasteiger partial charge is 0.182 e. The molecule has 4 nitrogen and oxygen atoms in total. The van der Waals surface area contributed by atoms with Crippen molar-refractivity contribution in [3.8, 4) is 11.5 Å². The predicted octanol–water partition coefficient (Wildman–Crippen LogP) is 0.0810. The Hall–Kier alpha value is -1.26. The number of benzene rings is 1. The molecule has 0 saturated carbocycles. The fourth-order valence-electron chi connectivity index (χ4n) is 0.749. The van der Waals surface area contributed by atoms with Crippen LogP contribution in [0.15, 0.2) is 18.2 Å². The molecule has 0 heterocycles. The SMILES string of the molecule is Oc1ccc(O)c(C(O)O)c1. The van der Waals surface area contributed by atoms with Crippen molar-refractivity contribution in [2.24, 2.45) is 0 Å². The average molecular weight is 156 g/mol. The first-order valence-corrected chi connectivity index (χ1v) is 2.99. The van der Waals surface area contributed by atoms with Crippen LogP contribution in [0.25, 0.3) is 0 Å². The highest BCUT2D eigenvalue weighted by Gasteiger charge is 2.08. The topological polar surface area (TPSA) is 80.9 Å². The highest BCUT2D eigenvalue weighted by atomic mass is 16.5. The van der Waals surface area contributed by atoms with Crippen molar-refractivity contribution in [2.45, 2.75) is 6.29 Å². The molecule has 0 atom stereocenters. The van der Waals surface area contributed by atoms with Gasteiger partial charge in [0.05, 0.1) is 5.56 Å². The first-order chi connectivity index (χ1) is 5.11. The summed E-state index contributed by atoms with van der Waals surface area (Å²) in [4.78, 5) is 0. The summed E-state index contributed by atoms with van der Waals surface area (Å²) < 4.78 is 0. The van der Waals surface area contributed by atoms with Crippen molar-refractivity contribution >= 4 is 0 Å². The van der Waals surface area contributed by atoms with Gasteiger partial charge < -0.3 is 20.4 Å². The minimum atomic E-state index is -1.76. The van der Waals surface area contributed by atoms with E-state index in [0.29, 0.717) is 0 Å². The van der Waals surface area contributed by atoms with Crippen LogP contribution in [0.5, 0.6) is 11.5 Å². The number of aromatic hydroxyl groups is 2. The van der Waals surface area contributed by atoms with E-state index in [1.807, 2.05) is 0 Å². The van der Waals surface area contributed by atoms with Crippen LogP contribution < -0.4 is 0 Å². The van der Waals surface area contributed by atoms with E-state index in [1.165, 1.54) is 12.1 Å². The summed E-state index contributed by atoms with van der Waals surface area (Å²) in [5.41, 5.74) is -0.106. The van der Waals surface area contributed by atoms with Crippen LogP contribution in [-0.2, 0) is 0 Å². The van der Waals surface area contributed by atoms with Crippen LogP contribution in [0.4, 0.5) is 0 Å². The lowest BCUT2D eigenvalue weighted by Crippen LogP contribution is -1.94. The first kappa shape index (κ1) is 7.84. The fraction of sp³-hybridized carbons (Fsp3) is 0.143. The van der Waals surface area contributed by atoms with Gasteiger partial charge in [-0.2, -0.15) is 0 Å². The standard InChI is InChI=1S/C7H8O4/c8-4-1-2-6(9)5(3-4)7(10)11/h1-3,7-11H. The first-order valence-electron chi connectivity index (χ1n) is 2.99. The molecule has 0 fully saturated rings. The van der Waals surface area contributed by atoms with Gasteiger partial charge in [-0.05, 0) is 18.2 Å². The van der Waals surface area contributed by atoms with Crippen molar-refractivity contribution in [3.63, 3.8) is 0 Å². The number of aliphatic hydroxyl groups excluding tert-OH is 1. The Morgan fingerprint density at radius 1 is 1.09 bits per heavy atom. The van der Waals surface area contributed by atoms with Crippen LogP contribution in [0.1, 0.15) is 11.9 Å². The fourth-order valence-corrected chi connectivity index (χ4v) is 0.749. The molecule has 0 aromatic heterocycles. The summed E-state index contributed by atoms with van der Waals surface area (Å²) in [6.07, 6.45) is -1.76. The van der Waals surface area contributed by atoms with Gasteiger partial charge in [-0.15, -0.1) is 0 Å². The average Bonchev–Trinajstić information content (AvgIpc) is 1.94. The Balaban J connectivity index is 3.13. The Morgan fingerprint density at radius 3 is 2.18 bits per heavy atom.